The highest BCUT2D eigenvalue weighted by molar-refractivity contribution is 6.06. The average molecular weight is 1080 g/mol. The van der Waals surface area contributed by atoms with Crippen LogP contribution in [0.3, 0.4) is 0 Å². The van der Waals surface area contributed by atoms with E-state index < -0.39 is 32.5 Å². The summed E-state index contributed by atoms with van der Waals surface area (Å²) >= 11 is 0. The molecule has 1 fully saturated rings. The second-order valence-electron chi connectivity index (χ2n) is 17.9. The number of anilines is 6. The van der Waals surface area contributed by atoms with Gasteiger partial charge in [-0.15, -0.1) is 0 Å². The molecule has 0 bridgehead atoms. The van der Waals surface area contributed by atoms with Crippen LogP contribution in [-0.2, 0) is 6.54 Å². The Labute approximate surface area is 456 Å². The van der Waals surface area contributed by atoms with E-state index in [-0.39, 0.29) is 33.8 Å². The Bertz CT molecular complexity index is 3260. The minimum absolute atomic E-state index is 0.0390. The predicted octanol–water partition coefficient (Wildman–Crippen LogP) is 12.2. The summed E-state index contributed by atoms with van der Waals surface area (Å²) in [4.78, 5) is 72.2. The van der Waals surface area contributed by atoms with Crippen molar-refractivity contribution < 1.29 is 43.4 Å². The molecule has 3 amide bonds. The molecule has 1 aliphatic rings. The van der Waals surface area contributed by atoms with Crippen molar-refractivity contribution in [2.24, 2.45) is 5.92 Å². The summed E-state index contributed by atoms with van der Waals surface area (Å²) in [7, 11) is 4.61. The van der Waals surface area contributed by atoms with Crippen molar-refractivity contribution in [2.75, 3.05) is 72.4 Å². The van der Waals surface area contributed by atoms with Crippen molar-refractivity contribution in [1.82, 2.24) is 0 Å². The number of nitro groups is 3. The molecule has 79 heavy (non-hydrogen) atoms. The SMILES string of the molecule is CCCNc1ccc(C(=O)Nc2cccc(OC)c2)cc1[N+](=O)[O-].COc1cccc(NC(=O)c2ccc(N3CCC(C)CC3)c([N+](=O)[O-])c2)c1.COc1cccc(NC(=O)c2ccc(NCc3ccccc3)c([N+](=O)[O-])c2)c1. The molecule has 0 spiro atoms. The van der Waals surface area contributed by atoms with Gasteiger partial charge in [-0.2, -0.15) is 0 Å². The zero-order valence-corrected chi connectivity index (χ0v) is 44.2. The third kappa shape index (κ3) is 17.0. The first-order valence-electron chi connectivity index (χ1n) is 25.1. The van der Waals surface area contributed by atoms with Gasteiger partial charge in [-0.05, 0) is 104 Å². The first-order chi connectivity index (χ1) is 38.1. The topological polar surface area (TPSA) is 272 Å². The highest BCUT2D eigenvalue weighted by Crippen LogP contribution is 2.33. The smallest absolute Gasteiger partial charge is 0.293 e. The van der Waals surface area contributed by atoms with Crippen LogP contribution in [0.15, 0.2) is 158 Å². The van der Waals surface area contributed by atoms with Crippen LogP contribution in [0.1, 0.15) is 69.7 Å². The number of methoxy groups -OCH3 is 3. The summed E-state index contributed by atoms with van der Waals surface area (Å²) in [6.07, 6.45) is 2.86. The van der Waals surface area contributed by atoms with E-state index in [1.54, 1.807) is 116 Å². The van der Waals surface area contributed by atoms with Gasteiger partial charge in [-0.3, -0.25) is 44.7 Å². The molecule has 410 valence electrons. The summed E-state index contributed by atoms with van der Waals surface area (Å²) in [5.41, 5.74) is 4.32. The lowest BCUT2D eigenvalue weighted by Crippen LogP contribution is -2.33. The zero-order valence-electron chi connectivity index (χ0n) is 44.2. The molecule has 1 aliphatic heterocycles. The molecule has 0 saturated carbocycles. The van der Waals surface area contributed by atoms with Crippen LogP contribution in [0, 0.1) is 36.3 Å². The summed E-state index contributed by atoms with van der Waals surface area (Å²) in [5.74, 6) is 1.20. The number of nitrogens with one attached hydrogen (secondary N) is 5. The van der Waals surface area contributed by atoms with E-state index in [0.29, 0.717) is 70.4 Å². The number of nitrogens with zero attached hydrogens (tertiary/aromatic N) is 4. The molecule has 1 heterocycles. The fraction of sp³-hybridized carbons (Fsp3) is 0.224. The molecule has 0 unspecified atom stereocenters. The number of rotatable bonds is 19. The average Bonchev–Trinajstić information content (AvgIpc) is 3.47. The number of hydrogen-bond donors (Lipinski definition) is 5. The Balaban J connectivity index is 0.000000192. The number of amides is 3. The highest BCUT2D eigenvalue weighted by atomic mass is 16.6. The van der Waals surface area contributed by atoms with Gasteiger partial charge in [0.25, 0.3) is 34.8 Å². The summed E-state index contributed by atoms with van der Waals surface area (Å²) in [6, 6.07) is 43.7. The minimum Gasteiger partial charge on any atom is -0.497 e. The largest absolute Gasteiger partial charge is 0.497 e. The Morgan fingerprint density at radius 2 is 0.924 bits per heavy atom. The summed E-state index contributed by atoms with van der Waals surface area (Å²) < 4.78 is 15.4. The lowest BCUT2D eigenvalue weighted by atomic mass is 9.98. The Morgan fingerprint density at radius 1 is 0.519 bits per heavy atom. The molecule has 0 radical (unpaired) electrons. The molecule has 0 aliphatic carbocycles. The third-order valence-electron chi connectivity index (χ3n) is 12.3. The van der Waals surface area contributed by atoms with E-state index in [4.69, 9.17) is 14.2 Å². The molecule has 21 nitrogen and oxygen atoms in total. The lowest BCUT2D eigenvalue weighted by molar-refractivity contribution is -0.384. The van der Waals surface area contributed by atoms with Crippen LogP contribution in [-0.4, -0.2) is 73.5 Å². The Morgan fingerprint density at radius 3 is 1.33 bits per heavy atom. The van der Waals surface area contributed by atoms with Gasteiger partial charge in [0.05, 0.1) is 36.1 Å². The summed E-state index contributed by atoms with van der Waals surface area (Å²) in [5, 5.41) is 48.5. The van der Waals surface area contributed by atoms with E-state index >= 15 is 0 Å². The van der Waals surface area contributed by atoms with Crippen molar-refractivity contribution in [3.05, 3.63) is 210 Å². The second-order valence-corrected chi connectivity index (χ2v) is 17.9. The molecule has 21 heteroatoms. The van der Waals surface area contributed by atoms with Crippen molar-refractivity contribution >= 4 is 68.9 Å². The van der Waals surface area contributed by atoms with Crippen LogP contribution in [0.4, 0.5) is 51.2 Å². The lowest BCUT2D eigenvalue weighted by Gasteiger charge is -2.31. The number of nitro benzene ring substituents is 3. The van der Waals surface area contributed by atoms with E-state index in [2.05, 4.69) is 33.5 Å². The second kappa shape index (κ2) is 28.7. The number of hydrogen-bond acceptors (Lipinski definition) is 15. The molecule has 8 rings (SSSR count). The number of ether oxygens (including phenoxy) is 3. The number of carbonyl (C=O) groups excluding carboxylic acids is 3. The minimum atomic E-state index is -0.504. The van der Waals surface area contributed by atoms with Gasteiger partial charge in [0, 0.05) is 96.3 Å². The van der Waals surface area contributed by atoms with E-state index in [0.717, 1.165) is 37.9 Å². The third-order valence-corrected chi connectivity index (χ3v) is 12.3. The van der Waals surface area contributed by atoms with Gasteiger partial charge in [-0.25, -0.2) is 0 Å². The number of piperidine rings is 1. The Kier molecular flexibility index (Phi) is 21.2. The van der Waals surface area contributed by atoms with Crippen LogP contribution in [0.25, 0.3) is 0 Å². The van der Waals surface area contributed by atoms with Crippen LogP contribution in [0.5, 0.6) is 17.2 Å². The maximum absolute atomic E-state index is 12.5. The molecule has 0 atom stereocenters. The van der Waals surface area contributed by atoms with Crippen LogP contribution in [0.2, 0.25) is 0 Å². The zero-order chi connectivity index (χ0) is 56.8. The standard InChI is InChI=1S/C21H19N3O4.C20H23N3O4.C17H19N3O4/c1-28-18-9-5-8-17(13-18)23-21(25)16-10-11-19(20(12-16)24(26)27)22-14-15-6-3-2-4-7-15;1-14-8-10-22(11-9-14)18-7-6-15(12-19(18)23(25)26)20(24)21-16-4-3-5-17(13-16)27-2;1-3-9-18-15-8-7-12(10-16(15)20(22)23)17(21)19-13-5-4-6-14(11-13)24-2/h2-13,22H,14H2,1H3,(H,23,25);3-7,12-14H,8-11H2,1-2H3,(H,21,24);4-8,10-11,18H,3,9H2,1-2H3,(H,19,21). The van der Waals surface area contributed by atoms with Gasteiger partial charge >= 0.3 is 0 Å². The van der Waals surface area contributed by atoms with Gasteiger partial charge in [0.1, 0.15) is 34.3 Å². The van der Waals surface area contributed by atoms with Crippen molar-refractivity contribution in [1.29, 1.82) is 0 Å². The van der Waals surface area contributed by atoms with Gasteiger partial charge < -0.3 is 45.7 Å². The molecule has 1 saturated heterocycles. The molecule has 5 N–H and O–H groups in total. The number of carbonyl (C=O) groups is 3. The van der Waals surface area contributed by atoms with E-state index in [1.807, 2.05) is 42.2 Å². The van der Waals surface area contributed by atoms with Crippen LogP contribution >= 0.6 is 0 Å². The van der Waals surface area contributed by atoms with Crippen molar-refractivity contribution in [3.63, 3.8) is 0 Å². The van der Waals surface area contributed by atoms with E-state index in [9.17, 15) is 44.7 Å². The fourth-order valence-electron chi connectivity index (χ4n) is 8.04. The number of benzene rings is 7. The van der Waals surface area contributed by atoms with Crippen molar-refractivity contribution in [2.45, 2.75) is 39.7 Å². The predicted molar refractivity (Wildman–Crippen MR) is 305 cm³/mol. The van der Waals surface area contributed by atoms with Gasteiger partial charge in [0.2, 0.25) is 0 Å². The maximum Gasteiger partial charge on any atom is 0.293 e. The quantitative estimate of drug-likeness (QED) is 0.0372. The van der Waals surface area contributed by atoms with Gasteiger partial charge in [0.15, 0.2) is 0 Å². The molecule has 7 aromatic rings. The van der Waals surface area contributed by atoms with Crippen LogP contribution < -0.4 is 45.7 Å². The molecular weight excluding hydrogens is 1010 g/mol. The van der Waals surface area contributed by atoms with Gasteiger partial charge in [-0.1, -0.05) is 62.4 Å². The normalized spacial score (nSPS) is 11.7. The van der Waals surface area contributed by atoms with E-state index in [1.165, 1.54) is 32.4 Å². The first kappa shape index (κ1) is 58.2. The Hall–Kier alpha value is -10.1. The molecule has 0 aromatic heterocycles. The maximum atomic E-state index is 12.5. The highest BCUT2D eigenvalue weighted by Gasteiger charge is 2.25. The fourth-order valence-corrected chi connectivity index (χ4v) is 8.04. The monoisotopic (exact) mass is 1080 g/mol. The molecular formula is C58H61N9O12. The summed E-state index contributed by atoms with van der Waals surface area (Å²) in [6.45, 7) is 6.80. The molecule has 7 aromatic carbocycles. The first-order valence-corrected chi connectivity index (χ1v) is 25.1. The van der Waals surface area contributed by atoms with Crippen molar-refractivity contribution in [3.8, 4) is 17.2 Å².